The van der Waals surface area contributed by atoms with Crippen molar-refractivity contribution in [3.63, 3.8) is 0 Å². The Bertz CT molecular complexity index is 495. The first-order chi connectivity index (χ1) is 8.59. The number of hydrogen-bond donors (Lipinski definition) is 1. The Balaban J connectivity index is 2.21. The van der Waals surface area contributed by atoms with Gasteiger partial charge in [0.15, 0.2) is 11.5 Å². The summed E-state index contributed by atoms with van der Waals surface area (Å²) in [7, 11) is 0. The molecular formula is C14H18BrNO2. The van der Waals surface area contributed by atoms with Crippen LogP contribution in [-0.4, -0.2) is 13.3 Å². The van der Waals surface area contributed by atoms with Gasteiger partial charge in [-0.25, -0.2) is 0 Å². The second-order valence-electron chi connectivity index (χ2n) is 5.52. The van der Waals surface area contributed by atoms with Gasteiger partial charge < -0.3 is 15.2 Å². The van der Waals surface area contributed by atoms with Crippen LogP contribution in [0.5, 0.6) is 11.5 Å². The average Bonchev–Trinajstić information content (AvgIpc) is 2.99. The van der Waals surface area contributed by atoms with Crippen molar-refractivity contribution in [3.8, 4) is 11.5 Å². The lowest BCUT2D eigenvalue weighted by Gasteiger charge is -2.22. The van der Waals surface area contributed by atoms with Crippen LogP contribution in [0.4, 0.5) is 0 Å². The van der Waals surface area contributed by atoms with Crippen molar-refractivity contribution in [1.82, 2.24) is 0 Å². The van der Waals surface area contributed by atoms with Gasteiger partial charge in [-0.1, -0.05) is 13.8 Å². The maximum atomic E-state index is 5.98. The number of fused-ring (bicyclic) bond motifs is 1. The molecule has 0 spiro atoms. The van der Waals surface area contributed by atoms with Gasteiger partial charge in [-0.2, -0.15) is 0 Å². The smallest absolute Gasteiger partial charge is 0.231 e. The third kappa shape index (κ3) is 1.66. The van der Waals surface area contributed by atoms with Gasteiger partial charge in [-0.05, 0) is 51.9 Å². The van der Waals surface area contributed by atoms with E-state index < -0.39 is 0 Å². The number of rotatable bonds is 3. The van der Waals surface area contributed by atoms with E-state index in [9.17, 15) is 0 Å². The monoisotopic (exact) mass is 311 g/mol. The maximum Gasteiger partial charge on any atom is 0.231 e. The van der Waals surface area contributed by atoms with Crippen molar-refractivity contribution in [2.24, 2.45) is 5.73 Å². The lowest BCUT2D eigenvalue weighted by atomic mass is 9.86. The van der Waals surface area contributed by atoms with Crippen LogP contribution in [0.25, 0.3) is 0 Å². The van der Waals surface area contributed by atoms with E-state index in [4.69, 9.17) is 15.2 Å². The number of hydrogen-bond acceptors (Lipinski definition) is 3. The van der Waals surface area contributed by atoms with Crippen LogP contribution >= 0.6 is 15.9 Å². The molecule has 0 bridgehead atoms. The molecular weight excluding hydrogens is 294 g/mol. The Kier molecular flexibility index (Phi) is 2.83. The minimum Gasteiger partial charge on any atom is -0.454 e. The molecule has 1 saturated carbocycles. The van der Waals surface area contributed by atoms with Gasteiger partial charge in [0.2, 0.25) is 6.79 Å². The average molecular weight is 312 g/mol. The van der Waals surface area contributed by atoms with E-state index >= 15 is 0 Å². The Labute approximate surface area is 116 Å². The highest BCUT2D eigenvalue weighted by Gasteiger charge is 2.46. The minimum absolute atomic E-state index is 0.170. The molecule has 0 saturated heterocycles. The molecule has 2 aliphatic rings. The van der Waals surface area contributed by atoms with Crippen molar-refractivity contribution in [2.75, 3.05) is 13.3 Å². The van der Waals surface area contributed by atoms with Gasteiger partial charge in [0.05, 0.1) is 4.47 Å². The molecule has 0 radical (unpaired) electrons. The van der Waals surface area contributed by atoms with E-state index in [1.165, 1.54) is 24.0 Å². The van der Waals surface area contributed by atoms with Crippen LogP contribution < -0.4 is 15.2 Å². The van der Waals surface area contributed by atoms with E-state index in [-0.39, 0.29) is 5.41 Å². The second-order valence-corrected chi connectivity index (χ2v) is 6.32. The van der Waals surface area contributed by atoms with Crippen molar-refractivity contribution in [2.45, 2.75) is 38.0 Å². The molecule has 1 aliphatic heterocycles. The molecule has 2 N–H and O–H groups in total. The number of benzene rings is 1. The minimum atomic E-state index is 0.170. The van der Waals surface area contributed by atoms with E-state index in [0.717, 1.165) is 16.0 Å². The standard InChI is InChI=1S/C14H18BrNO2/c1-8(2)11-9(14(6-16)3-4-14)5-10-13(12(11)15)18-7-17-10/h5,8H,3-4,6-7,16H2,1-2H3. The van der Waals surface area contributed by atoms with Gasteiger partial charge in [0.1, 0.15) is 0 Å². The molecule has 0 unspecified atom stereocenters. The first-order valence-electron chi connectivity index (χ1n) is 6.41. The predicted octanol–water partition coefficient (Wildman–Crippen LogP) is 3.29. The third-order valence-corrected chi connectivity index (χ3v) is 4.82. The van der Waals surface area contributed by atoms with Crippen LogP contribution in [0.1, 0.15) is 43.7 Å². The highest BCUT2D eigenvalue weighted by atomic mass is 79.9. The SMILES string of the molecule is CC(C)c1c(C2(CN)CC2)cc2c(c1Br)OCO2. The van der Waals surface area contributed by atoms with Crippen molar-refractivity contribution in [3.05, 3.63) is 21.7 Å². The van der Waals surface area contributed by atoms with Gasteiger partial charge in [-0.15, -0.1) is 0 Å². The molecule has 1 aromatic carbocycles. The normalized spacial score (nSPS) is 19.4. The molecule has 1 aliphatic carbocycles. The highest BCUT2D eigenvalue weighted by molar-refractivity contribution is 9.10. The van der Waals surface area contributed by atoms with Crippen LogP contribution in [0.15, 0.2) is 10.5 Å². The van der Waals surface area contributed by atoms with Crippen LogP contribution in [0.3, 0.4) is 0 Å². The zero-order valence-electron chi connectivity index (χ0n) is 10.8. The molecule has 1 aromatic rings. The first-order valence-corrected chi connectivity index (χ1v) is 7.21. The zero-order valence-corrected chi connectivity index (χ0v) is 12.3. The Morgan fingerprint density at radius 1 is 1.39 bits per heavy atom. The largest absolute Gasteiger partial charge is 0.454 e. The third-order valence-electron chi connectivity index (χ3n) is 4.04. The van der Waals surface area contributed by atoms with E-state index in [0.29, 0.717) is 19.3 Å². The summed E-state index contributed by atoms with van der Waals surface area (Å²) >= 11 is 3.69. The van der Waals surface area contributed by atoms with E-state index in [1.54, 1.807) is 0 Å². The Hall–Kier alpha value is -0.740. The van der Waals surface area contributed by atoms with Gasteiger partial charge in [0.25, 0.3) is 0 Å². The Morgan fingerprint density at radius 2 is 2.11 bits per heavy atom. The Morgan fingerprint density at radius 3 is 2.67 bits per heavy atom. The molecule has 0 aromatic heterocycles. The summed E-state index contributed by atoms with van der Waals surface area (Å²) in [6.45, 7) is 5.43. The molecule has 98 valence electrons. The molecule has 1 heterocycles. The van der Waals surface area contributed by atoms with E-state index in [1.807, 2.05) is 0 Å². The quantitative estimate of drug-likeness (QED) is 0.931. The maximum absolute atomic E-state index is 5.98. The van der Waals surface area contributed by atoms with Gasteiger partial charge in [-0.3, -0.25) is 0 Å². The molecule has 3 nitrogen and oxygen atoms in total. The summed E-state index contributed by atoms with van der Waals surface area (Å²) in [5, 5.41) is 0. The van der Waals surface area contributed by atoms with Crippen LogP contribution in [0.2, 0.25) is 0 Å². The predicted molar refractivity (Wildman–Crippen MR) is 74.3 cm³/mol. The number of halogens is 1. The van der Waals surface area contributed by atoms with Gasteiger partial charge in [0, 0.05) is 12.0 Å². The number of ether oxygens (including phenoxy) is 2. The van der Waals surface area contributed by atoms with Crippen molar-refractivity contribution in [1.29, 1.82) is 0 Å². The topological polar surface area (TPSA) is 44.5 Å². The summed E-state index contributed by atoms with van der Waals surface area (Å²) in [6, 6.07) is 2.14. The lowest BCUT2D eigenvalue weighted by Crippen LogP contribution is -2.22. The fourth-order valence-corrected chi connectivity index (χ4v) is 3.74. The summed E-state index contributed by atoms with van der Waals surface area (Å²) in [5.41, 5.74) is 8.81. The molecule has 1 fully saturated rings. The van der Waals surface area contributed by atoms with Crippen molar-refractivity contribution < 1.29 is 9.47 Å². The molecule has 0 amide bonds. The van der Waals surface area contributed by atoms with Crippen LogP contribution in [0, 0.1) is 0 Å². The zero-order chi connectivity index (χ0) is 12.9. The summed E-state index contributed by atoms with van der Waals surface area (Å²) in [5.74, 6) is 2.13. The molecule has 4 heteroatoms. The van der Waals surface area contributed by atoms with Crippen molar-refractivity contribution >= 4 is 15.9 Å². The number of nitrogens with two attached hydrogens (primary N) is 1. The fourth-order valence-electron chi connectivity index (χ4n) is 2.75. The summed E-state index contributed by atoms with van der Waals surface area (Å²) < 4.78 is 12.1. The summed E-state index contributed by atoms with van der Waals surface area (Å²) in [6.07, 6.45) is 2.35. The second kappa shape index (κ2) is 4.14. The van der Waals surface area contributed by atoms with Gasteiger partial charge >= 0.3 is 0 Å². The first kappa shape index (κ1) is 12.3. The molecule has 18 heavy (non-hydrogen) atoms. The summed E-state index contributed by atoms with van der Waals surface area (Å²) in [4.78, 5) is 0. The van der Waals surface area contributed by atoms with E-state index in [2.05, 4.69) is 35.8 Å². The molecule has 3 rings (SSSR count). The van der Waals surface area contributed by atoms with Crippen LogP contribution in [-0.2, 0) is 5.41 Å². The fraction of sp³-hybridized carbons (Fsp3) is 0.571. The lowest BCUT2D eigenvalue weighted by molar-refractivity contribution is 0.173. The molecule has 0 atom stereocenters. The highest BCUT2D eigenvalue weighted by Crippen LogP contribution is 2.55.